The summed E-state index contributed by atoms with van der Waals surface area (Å²) in [7, 11) is 0. The molecular formula is C15H10ClNO2S. The van der Waals surface area contributed by atoms with Crippen molar-refractivity contribution in [3.63, 3.8) is 0 Å². The number of aromatic carboxylic acids is 1. The summed E-state index contributed by atoms with van der Waals surface area (Å²) in [4.78, 5) is 11.8. The minimum atomic E-state index is -1.05. The third kappa shape index (κ3) is 3.32. The Kier molecular flexibility index (Phi) is 4.67. The molecule has 0 saturated heterocycles. The average Bonchev–Trinajstić information content (AvgIpc) is 2.46. The van der Waals surface area contributed by atoms with Gasteiger partial charge in [0.2, 0.25) is 0 Å². The lowest BCUT2D eigenvalue weighted by Crippen LogP contribution is -1.97. The van der Waals surface area contributed by atoms with E-state index < -0.39 is 5.97 Å². The zero-order valence-corrected chi connectivity index (χ0v) is 11.9. The monoisotopic (exact) mass is 303 g/mol. The molecule has 0 aliphatic heterocycles. The lowest BCUT2D eigenvalue weighted by atomic mass is 10.1. The van der Waals surface area contributed by atoms with E-state index in [2.05, 4.69) is 6.07 Å². The molecule has 2 rings (SSSR count). The number of carbonyl (C=O) groups is 1. The van der Waals surface area contributed by atoms with Gasteiger partial charge in [0.05, 0.1) is 22.2 Å². The van der Waals surface area contributed by atoms with E-state index in [1.54, 1.807) is 24.3 Å². The number of carboxylic acids is 1. The van der Waals surface area contributed by atoms with Gasteiger partial charge in [0.25, 0.3) is 0 Å². The molecule has 0 aliphatic rings. The lowest BCUT2D eigenvalue weighted by molar-refractivity contribution is 0.0697. The molecular weight excluding hydrogens is 294 g/mol. The molecule has 0 radical (unpaired) electrons. The van der Waals surface area contributed by atoms with Crippen molar-refractivity contribution in [2.45, 2.75) is 10.6 Å². The van der Waals surface area contributed by atoms with Gasteiger partial charge in [-0.25, -0.2) is 4.79 Å². The first-order valence-corrected chi connectivity index (χ1v) is 7.12. The molecule has 2 aromatic carbocycles. The van der Waals surface area contributed by atoms with E-state index in [9.17, 15) is 4.79 Å². The summed E-state index contributed by atoms with van der Waals surface area (Å²) in [6, 6.07) is 14.4. The number of rotatable bonds is 4. The molecule has 0 aromatic heterocycles. The fraction of sp³-hybridized carbons (Fsp3) is 0.0667. The summed E-state index contributed by atoms with van der Waals surface area (Å²) in [6.07, 6.45) is 0. The number of nitrogens with zero attached hydrogens (tertiary/aromatic N) is 1. The van der Waals surface area contributed by atoms with Crippen LogP contribution in [0.3, 0.4) is 0 Å². The summed E-state index contributed by atoms with van der Waals surface area (Å²) in [5.74, 6) is -0.445. The Labute approximate surface area is 125 Å². The molecule has 0 atom stereocenters. The molecule has 20 heavy (non-hydrogen) atoms. The van der Waals surface area contributed by atoms with Crippen molar-refractivity contribution in [3.05, 3.63) is 64.2 Å². The van der Waals surface area contributed by atoms with Crippen LogP contribution in [0.25, 0.3) is 0 Å². The maximum Gasteiger partial charge on any atom is 0.337 e. The summed E-state index contributed by atoms with van der Waals surface area (Å²) in [6.45, 7) is 0. The van der Waals surface area contributed by atoms with Crippen molar-refractivity contribution in [2.24, 2.45) is 0 Å². The van der Waals surface area contributed by atoms with Crippen LogP contribution in [0.4, 0.5) is 0 Å². The Bertz CT molecular complexity index is 695. The SMILES string of the molecule is N#Cc1ccccc1CSc1ccc(Cl)c(C(=O)O)c1. The van der Waals surface area contributed by atoms with Gasteiger partial charge >= 0.3 is 5.97 Å². The van der Waals surface area contributed by atoms with Crippen molar-refractivity contribution in [2.75, 3.05) is 0 Å². The molecule has 0 fully saturated rings. The zero-order chi connectivity index (χ0) is 14.5. The first kappa shape index (κ1) is 14.4. The van der Waals surface area contributed by atoms with E-state index in [4.69, 9.17) is 22.0 Å². The molecule has 0 amide bonds. The van der Waals surface area contributed by atoms with Gasteiger partial charge in [0.1, 0.15) is 0 Å². The van der Waals surface area contributed by atoms with Crippen LogP contribution in [0.5, 0.6) is 0 Å². The van der Waals surface area contributed by atoms with Gasteiger partial charge in [-0.15, -0.1) is 11.8 Å². The van der Waals surface area contributed by atoms with Crippen molar-refractivity contribution < 1.29 is 9.90 Å². The van der Waals surface area contributed by atoms with E-state index in [0.717, 1.165) is 10.5 Å². The van der Waals surface area contributed by atoms with Crippen LogP contribution in [-0.2, 0) is 5.75 Å². The first-order chi connectivity index (χ1) is 9.61. The predicted molar refractivity (Wildman–Crippen MR) is 79.1 cm³/mol. The van der Waals surface area contributed by atoms with E-state index in [-0.39, 0.29) is 10.6 Å². The molecule has 1 N–H and O–H groups in total. The van der Waals surface area contributed by atoms with Gasteiger partial charge in [-0.3, -0.25) is 0 Å². The average molecular weight is 304 g/mol. The summed E-state index contributed by atoms with van der Waals surface area (Å²) in [5.41, 5.74) is 1.64. The predicted octanol–water partition coefficient (Wildman–Crippen LogP) is 4.20. The Morgan fingerprint density at radius 1 is 1.30 bits per heavy atom. The number of benzene rings is 2. The molecule has 5 heteroatoms. The van der Waals surface area contributed by atoms with Crippen LogP contribution >= 0.6 is 23.4 Å². The topological polar surface area (TPSA) is 61.1 Å². The maximum absolute atomic E-state index is 11.0. The highest BCUT2D eigenvalue weighted by atomic mass is 35.5. The fourth-order valence-electron chi connectivity index (χ4n) is 1.67. The largest absolute Gasteiger partial charge is 0.478 e. The number of carboxylic acid groups (broad SMARTS) is 1. The smallest absolute Gasteiger partial charge is 0.337 e. The third-order valence-corrected chi connectivity index (χ3v) is 4.07. The molecule has 0 unspecified atom stereocenters. The summed E-state index contributed by atoms with van der Waals surface area (Å²) >= 11 is 7.29. The van der Waals surface area contributed by atoms with Crippen LogP contribution in [0.1, 0.15) is 21.5 Å². The molecule has 3 nitrogen and oxygen atoms in total. The lowest BCUT2D eigenvalue weighted by Gasteiger charge is -2.06. The minimum Gasteiger partial charge on any atom is -0.478 e. The molecule has 100 valence electrons. The second-order valence-electron chi connectivity index (χ2n) is 4.00. The number of thioether (sulfide) groups is 1. The van der Waals surface area contributed by atoms with Gasteiger partial charge in [0, 0.05) is 10.6 Å². The number of hydrogen-bond acceptors (Lipinski definition) is 3. The maximum atomic E-state index is 11.0. The van der Waals surface area contributed by atoms with E-state index in [1.807, 2.05) is 18.2 Å². The van der Waals surface area contributed by atoms with Crippen molar-refractivity contribution >= 4 is 29.3 Å². The zero-order valence-electron chi connectivity index (χ0n) is 10.3. The van der Waals surface area contributed by atoms with Crippen LogP contribution in [0, 0.1) is 11.3 Å². The molecule has 0 aliphatic carbocycles. The summed E-state index contributed by atoms with van der Waals surface area (Å²) in [5, 5.41) is 18.3. The van der Waals surface area contributed by atoms with Gasteiger partial charge in [-0.2, -0.15) is 5.26 Å². The fourth-order valence-corrected chi connectivity index (χ4v) is 2.81. The Morgan fingerprint density at radius 2 is 2.05 bits per heavy atom. The molecule has 0 saturated carbocycles. The van der Waals surface area contributed by atoms with E-state index >= 15 is 0 Å². The van der Waals surface area contributed by atoms with Crippen LogP contribution in [0.2, 0.25) is 5.02 Å². The molecule has 0 heterocycles. The van der Waals surface area contributed by atoms with E-state index in [1.165, 1.54) is 11.8 Å². The molecule has 0 bridgehead atoms. The van der Waals surface area contributed by atoms with Gasteiger partial charge in [-0.05, 0) is 29.8 Å². The second kappa shape index (κ2) is 6.47. The number of halogens is 1. The van der Waals surface area contributed by atoms with Crippen molar-refractivity contribution in [1.29, 1.82) is 5.26 Å². The molecule has 0 spiro atoms. The van der Waals surface area contributed by atoms with Crippen LogP contribution in [0.15, 0.2) is 47.4 Å². The van der Waals surface area contributed by atoms with Crippen LogP contribution < -0.4 is 0 Å². The first-order valence-electron chi connectivity index (χ1n) is 5.75. The van der Waals surface area contributed by atoms with Crippen molar-refractivity contribution in [3.8, 4) is 6.07 Å². The van der Waals surface area contributed by atoms with Crippen molar-refractivity contribution in [1.82, 2.24) is 0 Å². The number of hydrogen-bond donors (Lipinski definition) is 1. The highest BCUT2D eigenvalue weighted by Crippen LogP contribution is 2.28. The minimum absolute atomic E-state index is 0.0882. The highest BCUT2D eigenvalue weighted by Gasteiger charge is 2.10. The van der Waals surface area contributed by atoms with Gasteiger partial charge < -0.3 is 5.11 Å². The Balaban J connectivity index is 2.18. The Morgan fingerprint density at radius 3 is 2.75 bits per heavy atom. The number of nitriles is 1. The second-order valence-corrected chi connectivity index (χ2v) is 5.46. The quantitative estimate of drug-likeness (QED) is 0.860. The Hall–Kier alpha value is -1.96. The standard InChI is InChI=1S/C15H10ClNO2S/c16-14-6-5-12(7-13(14)15(18)19)20-9-11-4-2-1-3-10(11)8-17/h1-7H,9H2,(H,18,19). The van der Waals surface area contributed by atoms with Gasteiger partial charge in [-0.1, -0.05) is 29.8 Å². The summed E-state index contributed by atoms with van der Waals surface area (Å²) < 4.78 is 0. The van der Waals surface area contributed by atoms with Gasteiger partial charge in [0.15, 0.2) is 0 Å². The highest BCUT2D eigenvalue weighted by molar-refractivity contribution is 7.98. The van der Waals surface area contributed by atoms with E-state index in [0.29, 0.717) is 11.3 Å². The third-order valence-electron chi connectivity index (χ3n) is 2.70. The molecule has 2 aromatic rings. The van der Waals surface area contributed by atoms with Crippen LogP contribution in [-0.4, -0.2) is 11.1 Å². The normalized spacial score (nSPS) is 10.0.